The number of carbonyl (C=O) groups is 2. The van der Waals surface area contributed by atoms with Gasteiger partial charge in [-0.2, -0.15) is 0 Å². The highest BCUT2D eigenvalue weighted by Crippen LogP contribution is 2.67. The molecule has 6 nitrogen and oxygen atoms in total. The Kier molecular flexibility index (Phi) is 19.8. The minimum absolute atomic E-state index is 0.0864. The molecule has 4 aliphatic carbocycles. The molecule has 0 aliphatic heterocycles. The first kappa shape index (κ1) is 53.0. The molecule has 0 saturated heterocycles. The van der Waals surface area contributed by atoms with Crippen LogP contribution < -0.4 is 0 Å². The van der Waals surface area contributed by atoms with Crippen molar-refractivity contribution in [1.29, 1.82) is 0 Å². The van der Waals surface area contributed by atoms with Gasteiger partial charge in [0.2, 0.25) is 0 Å². The second-order valence-electron chi connectivity index (χ2n) is 24.2. The van der Waals surface area contributed by atoms with Crippen molar-refractivity contribution in [2.24, 2.45) is 74.9 Å². The average molecular weight is 866 g/mol. The van der Waals surface area contributed by atoms with Gasteiger partial charge in [-0.1, -0.05) is 126 Å². The summed E-state index contributed by atoms with van der Waals surface area (Å²) < 4.78 is 18.6. The SMILES string of the molecule is CC(C)CCCC(C)C1CCC2C3CC=C4CC(OCCCCCC(OC(=O)CCCN(C)C)C(C)C(C)C(C)(C)C=CCOC(=O)C(C)(C)C(C)C)CCC4(C)C3CCC12C. The zero-order valence-electron chi connectivity index (χ0n) is 43.2. The van der Waals surface area contributed by atoms with E-state index in [1.165, 1.54) is 64.2 Å². The molecule has 3 fully saturated rings. The molecule has 0 bridgehead atoms. The van der Waals surface area contributed by atoms with Crippen LogP contribution in [0.2, 0.25) is 0 Å². The Hall–Kier alpha value is -1.66. The van der Waals surface area contributed by atoms with Crippen molar-refractivity contribution >= 4 is 11.9 Å². The number of esters is 2. The molecule has 4 aliphatic rings. The molecule has 11 unspecified atom stereocenters. The number of fused-ring (bicyclic) bond motifs is 5. The van der Waals surface area contributed by atoms with E-state index in [-0.39, 0.29) is 47.8 Å². The number of allylic oxidation sites excluding steroid dienone is 2. The fourth-order valence-corrected chi connectivity index (χ4v) is 12.9. The Morgan fingerprint density at radius 2 is 1.58 bits per heavy atom. The summed E-state index contributed by atoms with van der Waals surface area (Å²) in [6.45, 7) is 31.7. The van der Waals surface area contributed by atoms with E-state index in [1.54, 1.807) is 5.57 Å². The third-order valence-corrected chi connectivity index (χ3v) is 18.4. The molecule has 62 heavy (non-hydrogen) atoms. The summed E-state index contributed by atoms with van der Waals surface area (Å²) in [7, 11) is 4.09. The number of unbranched alkanes of at least 4 members (excludes halogenated alkanes) is 2. The summed E-state index contributed by atoms with van der Waals surface area (Å²) in [5.74, 6) is 5.62. The average Bonchev–Trinajstić information content (AvgIpc) is 3.56. The van der Waals surface area contributed by atoms with Crippen molar-refractivity contribution < 1.29 is 23.8 Å². The lowest BCUT2D eigenvalue weighted by Gasteiger charge is -2.58. The van der Waals surface area contributed by atoms with E-state index < -0.39 is 5.41 Å². The van der Waals surface area contributed by atoms with Gasteiger partial charge in [0.25, 0.3) is 0 Å². The maximum atomic E-state index is 13.1. The molecule has 358 valence electrons. The highest BCUT2D eigenvalue weighted by atomic mass is 16.5. The van der Waals surface area contributed by atoms with E-state index in [4.69, 9.17) is 14.2 Å². The lowest BCUT2D eigenvalue weighted by molar-refractivity contribution is -0.155. The van der Waals surface area contributed by atoms with Crippen LogP contribution in [0.5, 0.6) is 0 Å². The maximum absolute atomic E-state index is 13.1. The molecule has 6 heteroatoms. The summed E-state index contributed by atoms with van der Waals surface area (Å²) in [6, 6.07) is 0. The lowest BCUT2D eigenvalue weighted by atomic mass is 9.47. The summed E-state index contributed by atoms with van der Waals surface area (Å²) in [6.07, 6.45) is 27.3. The molecule has 4 rings (SSSR count). The van der Waals surface area contributed by atoms with Crippen LogP contribution in [-0.2, 0) is 23.8 Å². The number of ether oxygens (including phenoxy) is 3. The minimum Gasteiger partial charge on any atom is -0.462 e. The monoisotopic (exact) mass is 866 g/mol. The molecule has 0 heterocycles. The molecule has 0 aromatic carbocycles. The van der Waals surface area contributed by atoms with E-state index in [2.05, 4.69) is 93.2 Å². The topological polar surface area (TPSA) is 65.1 Å². The van der Waals surface area contributed by atoms with Gasteiger partial charge in [0.15, 0.2) is 0 Å². The standard InChI is InChI=1S/C56H99NO5/c1-39(2)22-19-23-41(5)47-28-29-48-46-27-26-44-38-45(30-33-55(44,12)49(46)31-34-56(47,48)13)60-36-18-16-17-24-50(62-51(58)25-20-35-57(14)15)42(6)43(7)53(8,9)32-21-37-61-52(59)54(10,11)40(3)4/h21,26,32,39-43,45-50H,16-20,22-25,27-31,33-38H2,1-15H3. The van der Waals surface area contributed by atoms with Crippen LogP contribution >= 0.6 is 0 Å². The number of nitrogens with zero attached hydrogens (tertiary/aromatic N) is 1. The van der Waals surface area contributed by atoms with Gasteiger partial charge in [0.1, 0.15) is 12.7 Å². The van der Waals surface area contributed by atoms with Gasteiger partial charge in [-0.15, -0.1) is 0 Å². The van der Waals surface area contributed by atoms with Crippen molar-refractivity contribution in [3.8, 4) is 0 Å². The normalized spacial score (nSPS) is 29.8. The zero-order chi connectivity index (χ0) is 46.0. The Morgan fingerprint density at radius 3 is 2.26 bits per heavy atom. The molecular formula is C56H99NO5. The summed E-state index contributed by atoms with van der Waals surface area (Å²) in [4.78, 5) is 28.0. The summed E-state index contributed by atoms with van der Waals surface area (Å²) in [5, 5.41) is 0. The van der Waals surface area contributed by atoms with E-state index in [1.807, 2.05) is 34.0 Å². The second kappa shape index (κ2) is 23.2. The minimum atomic E-state index is -0.515. The van der Waals surface area contributed by atoms with Crippen molar-refractivity contribution in [2.75, 3.05) is 33.9 Å². The Bertz CT molecular complexity index is 1460. The first-order valence-corrected chi connectivity index (χ1v) is 26.0. The van der Waals surface area contributed by atoms with Crippen LogP contribution in [0, 0.1) is 74.9 Å². The van der Waals surface area contributed by atoms with Gasteiger partial charge in [0.05, 0.1) is 11.5 Å². The summed E-state index contributed by atoms with van der Waals surface area (Å²) in [5.41, 5.74) is 1.94. The predicted octanol–water partition coefficient (Wildman–Crippen LogP) is 14.3. The molecule has 0 amide bonds. The van der Waals surface area contributed by atoms with Crippen molar-refractivity contribution in [3.63, 3.8) is 0 Å². The highest BCUT2D eigenvalue weighted by Gasteiger charge is 2.59. The second-order valence-corrected chi connectivity index (χ2v) is 24.2. The molecule has 0 aromatic heterocycles. The number of hydrogen-bond donors (Lipinski definition) is 0. The summed E-state index contributed by atoms with van der Waals surface area (Å²) >= 11 is 0. The number of rotatable bonds is 25. The van der Waals surface area contributed by atoms with E-state index in [9.17, 15) is 9.59 Å². The van der Waals surface area contributed by atoms with Gasteiger partial charge in [-0.25, -0.2) is 0 Å². The first-order chi connectivity index (χ1) is 29.0. The predicted molar refractivity (Wildman–Crippen MR) is 260 cm³/mol. The molecular weight excluding hydrogens is 767 g/mol. The largest absolute Gasteiger partial charge is 0.462 e. The van der Waals surface area contributed by atoms with Crippen LogP contribution in [0.15, 0.2) is 23.8 Å². The van der Waals surface area contributed by atoms with Gasteiger partial charge in [-0.3, -0.25) is 9.59 Å². The van der Waals surface area contributed by atoms with Crippen LogP contribution in [0.25, 0.3) is 0 Å². The Labute approximate surface area is 383 Å². The first-order valence-electron chi connectivity index (χ1n) is 26.0. The zero-order valence-corrected chi connectivity index (χ0v) is 43.2. The van der Waals surface area contributed by atoms with Crippen LogP contribution in [0.3, 0.4) is 0 Å². The number of carbonyl (C=O) groups excluding carboxylic acids is 2. The fraction of sp³-hybridized carbons (Fsp3) is 0.893. The van der Waals surface area contributed by atoms with Gasteiger partial charge >= 0.3 is 11.9 Å². The smallest absolute Gasteiger partial charge is 0.312 e. The third-order valence-electron chi connectivity index (χ3n) is 18.4. The van der Waals surface area contributed by atoms with Gasteiger partial charge < -0.3 is 19.1 Å². The lowest BCUT2D eigenvalue weighted by Crippen LogP contribution is -2.51. The fourth-order valence-electron chi connectivity index (χ4n) is 12.9. The van der Waals surface area contributed by atoms with E-state index in [0.717, 1.165) is 87.2 Å². The number of hydrogen-bond acceptors (Lipinski definition) is 6. The van der Waals surface area contributed by atoms with Crippen LogP contribution in [0.4, 0.5) is 0 Å². The molecule has 3 saturated carbocycles. The highest BCUT2D eigenvalue weighted by molar-refractivity contribution is 5.76. The third kappa shape index (κ3) is 13.5. The van der Waals surface area contributed by atoms with Crippen molar-refractivity contribution in [3.05, 3.63) is 23.8 Å². The molecule has 11 atom stereocenters. The van der Waals surface area contributed by atoms with E-state index >= 15 is 0 Å². The molecule has 0 radical (unpaired) electrons. The molecule has 0 aromatic rings. The van der Waals surface area contributed by atoms with Crippen molar-refractivity contribution in [2.45, 2.75) is 211 Å². The maximum Gasteiger partial charge on any atom is 0.312 e. The quantitative estimate of drug-likeness (QED) is 0.0517. The van der Waals surface area contributed by atoms with E-state index in [0.29, 0.717) is 23.4 Å². The molecule has 0 spiro atoms. The Balaban J connectivity index is 1.26. The Morgan fingerprint density at radius 1 is 0.855 bits per heavy atom. The van der Waals surface area contributed by atoms with Crippen molar-refractivity contribution in [1.82, 2.24) is 4.90 Å². The van der Waals surface area contributed by atoms with Gasteiger partial charge in [0, 0.05) is 13.0 Å². The van der Waals surface area contributed by atoms with Gasteiger partial charge in [-0.05, 0) is 181 Å². The molecule has 0 N–H and O–H groups in total. The van der Waals surface area contributed by atoms with Crippen LogP contribution in [-0.4, -0.2) is 62.9 Å². The van der Waals surface area contributed by atoms with Crippen LogP contribution in [0.1, 0.15) is 199 Å².